The molecule has 0 saturated carbocycles. The van der Waals surface area contributed by atoms with Crippen LogP contribution in [0.15, 0.2) is 61.2 Å². The van der Waals surface area contributed by atoms with E-state index in [0.717, 1.165) is 18.1 Å². The fourth-order valence-electron chi connectivity index (χ4n) is 2.61. The zero-order chi connectivity index (χ0) is 17.0. The van der Waals surface area contributed by atoms with Crippen molar-refractivity contribution in [3.8, 4) is 11.5 Å². The SMILES string of the molecule is C=CCOc1ccc(C(C)(C)c2ccc(OCC3CO3)cc2)cc1. The molecule has 1 aliphatic rings. The van der Waals surface area contributed by atoms with Crippen molar-refractivity contribution in [2.24, 2.45) is 0 Å². The van der Waals surface area contributed by atoms with E-state index in [1.54, 1.807) is 6.08 Å². The van der Waals surface area contributed by atoms with Crippen molar-refractivity contribution in [1.29, 1.82) is 0 Å². The molecule has 0 amide bonds. The Labute approximate surface area is 143 Å². The maximum Gasteiger partial charge on any atom is 0.119 e. The summed E-state index contributed by atoms with van der Waals surface area (Å²) in [5.41, 5.74) is 2.40. The second kappa shape index (κ2) is 7.10. The molecule has 3 heteroatoms. The molecule has 0 aliphatic carbocycles. The maximum atomic E-state index is 5.71. The van der Waals surface area contributed by atoms with Crippen LogP contribution in [0.3, 0.4) is 0 Å². The Morgan fingerprint density at radius 2 is 1.50 bits per heavy atom. The lowest BCUT2D eigenvalue weighted by molar-refractivity contribution is 0.263. The van der Waals surface area contributed by atoms with E-state index in [-0.39, 0.29) is 11.5 Å². The van der Waals surface area contributed by atoms with Gasteiger partial charge >= 0.3 is 0 Å². The largest absolute Gasteiger partial charge is 0.491 e. The van der Waals surface area contributed by atoms with Crippen LogP contribution in [0.25, 0.3) is 0 Å². The van der Waals surface area contributed by atoms with E-state index in [1.165, 1.54) is 11.1 Å². The van der Waals surface area contributed by atoms with Crippen LogP contribution in [0.5, 0.6) is 11.5 Å². The van der Waals surface area contributed by atoms with Crippen molar-refractivity contribution in [1.82, 2.24) is 0 Å². The van der Waals surface area contributed by atoms with E-state index in [2.05, 4.69) is 44.7 Å². The number of rotatable bonds is 8. The molecule has 1 atom stereocenters. The van der Waals surface area contributed by atoms with Gasteiger partial charge in [-0.15, -0.1) is 0 Å². The van der Waals surface area contributed by atoms with E-state index in [1.807, 2.05) is 24.3 Å². The van der Waals surface area contributed by atoms with Crippen molar-refractivity contribution in [2.45, 2.75) is 25.4 Å². The van der Waals surface area contributed by atoms with Crippen LogP contribution in [-0.4, -0.2) is 25.9 Å². The summed E-state index contributed by atoms with van der Waals surface area (Å²) >= 11 is 0. The van der Waals surface area contributed by atoms with Gasteiger partial charge in [-0.05, 0) is 35.4 Å². The predicted octanol–water partition coefficient (Wildman–Crippen LogP) is 4.35. The fraction of sp³-hybridized carbons (Fsp3) is 0.333. The van der Waals surface area contributed by atoms with Crippen LogP contribution in [0, 0.1) is 0 Å². The van der Waals surface area contributed by atoms with Gasteiger partial charge in [0.05, 0.1) is 6.61 Å². The Bertz CT molecular complexity index is 667. The van der Waals surface area contributed by atoms with E-state index in [0.29, 0.717) is 13.2 Å². The van der Waals surface area contributed by atoms with Gasteiger partial charge < -0.3 is 14.2 Å². The molecule has 3 nitrogen and oxygen atoms in total. The lowest BCUT2D eigenvalue weighted by Gasteiger charge is -2.26. The normalized spacial score (nSPS) is 16.5. The Balaban J connectivity index is 1.69. The molecule has 0 radical (unpaired) electrons. The summed E-state index contributed by atoms with van der Waals surface area (Å²) in [6.07, 6.45) is 2.03. The first-order chi connectivity index (χ1) is 11.6. The van der Waals surface area contributed by atoms with Gasteiger partial charge in [0, 0.05) is 5.41 Å². The third-order valence-electron chi connectivity index (χ3n) is 4.36. The van der Waals surface area contributed by atoms with Crippen LogP contribution in [0.2, 0.25) is 0 Å². The first-order valence-electron chi connectivity index (χ1n) is 8.29. The van der Waals surface area contributed by atoms with Crippen LogP contribution >= 0.6 is 0 Å². The van der Waals surface area contributed by atoms with Gasteiger partial charge in [0.25, 0.3) is 0 Å². The second-order valence-electron chi connectivity index (χ2n) is 6.54. The van der Waals surface area contributed by atoms with Crippen molar-refractivity contribution < 1.29 is 14.2 Å². The minimum Gasteiger partial charge on any atom is -0.491 e. The molecule has 0 bridgehead atoms. The highest BCUT2D eigenvalue weighted by atomic mass is 16.6. The Morgan fingerprint density at radius 3 is 1.96 bits per heavy atom. The van der Waals surface area contributed by atoms with Crippen LogP contribution in [0.4, 0.5) is 0 Å². The summed E-state index contributed by atoms with van der Waals surface area (Å²) in [5.74, 6) is 1.75. The van der Waals surface area contributed by atoms with E-state index < -0.39 is 0 Å². The highest BCUT2D eigenvalue weighted by molar-refractivity contribution is 5.41. The van der Waals surface area contributed by atoms with Gasteiger partial charge in [0.2, 0.25) is 0 Å². The number of hydrogen-bond donors (Lipinski definition) is 0. The van der Waals surface area contributed by atoms with Gasteiger partial charge in [-0.25, -0.2) is 0 Å². The number of benzene rings is 2. The molecule has 2 aromatic rings. The molecule has 0 N–H and O–H groups in total. The van der Waals surface area contributed by atoms with Gasteiger partial charge in [-0.3, -0.25) is 0 Å². The number of hydrogen-bond acceptors (Lipinski definition) is 3. The summed E-state index contributed by atoms with van der Waals surface area (Å²) in [4.78, 5) is 0. The first kappa shape index (κ1) is 16.6. The molecule has 126 valence electrons. The Hall–Kier alpha value is -2.26. The van der Waals surface area contributed by atoms with Crippen molar-refractivity contribution >= 4 is 0 Å². The molecular formula is C21H24O3. The van der Waals surface area contributed by atoms with Crippen molar-refractivity contribution in [2.75, 3.05) is 19.8 Å². The standard InChI is InChI=1S/C21H24O3/c1-4-13-22-18-9-5-16(6-10-18)21(2,3)17-7-11-19(12-8-17)23-14-20-15-24-20/h4-12,20H,1,13-15H2,2-3H3. The summed E-state index contributed by atoms with van der Waals surface area (Å²) in [6, 6.07) is 16.6. The summed E-state index contributed by atoms with van der Waals surface area (Å²) < 4.78 is 16.4. The average molecular weight is 324 g/mol. The van der Waals surface area contributed by atoms with Crippen molar-refractivity contribution in [3.05, 3.63) is 72.3 Å². The molecule has 2 aromatic carbocycles. The molecule has 0 aromatic heterocycles. The quantitative estimate of drug-likeness (QED) is 0.534. The monoisotopic (exact) mass is 324 g/mol. The predicted molar refractivity (Wildman–Crippen MR) is 95.9 cm³/mol. The maximum absolute atomic E-state index is 5.71. The van der Waals surface area contributed by atoms with Crippen LogP contribution < -0.4 is 9.47 Å². The van der Waals surface area contributed by atoms with Gasteiger partial charge in [-0.1, -0.05) is 50.8 Å². The minimum atomic E-state index is -0.0882. The Kier molecular flexibility index (Phi) is 4.91. The lowest BCUT2D eigenvalue weighted by Crippen LogP contribution is -2.18. The summed E-state index contributed by atoms with van der Waals surface area (Å²) in [5, 5.41) is 0. The highest BCUT2D eigenvalue weighted by Crippen LogP contribution is 2.33. The average Bonchev–Trinajstić information content (AvgIpc) is 3.43. The number of ether oxygens (including phenoxy) is 3. The summed E-state index contributed by atoms with van der Waals surface area (Å²) in [6.45, 7) is 10.1. The van der Waals surface area contributed by atoms with Crippen LogP contribution in [-0.2, 0) is 10.2 Å². The molecule has 1 heterocycles. The molecule has 1 aliphatic heterocycles. The topological polar surface area (TPSA) is 31.0 Å². The third kappa shape index (κ3) is 3.98. The van der Waals surface area contributed by atoms with E-state index >= 15 is 0 Å². The smallest absolute Gasteiger partial charge is 0.119 e. The fourth-order valence-corrected chi connectivity index (χ4v) is 2.61. The van der Waals surface area contributed by atoms with Gasteiger partial charge in [-0.2, -0.15) is 0 Å². The van der Waals surface area contributed by atoms with E-state index in [9.17, 15) is 0 Å². The van der Waals surface area contributed by atoms with Crippen LogP contribution in [0.1, 0.15) is 25.0 Å². The highest BCUT2D eigenvalue weighted by Gasteiger charge is 2.24. The molecular weight excluding hydrogens is 300 g/mol. The number of epoxide rings is 1. The molecule has 1 unspecified atom stereocenters. The zero-order valence-corrected chi connectivity index (χ0v) is 14.3. The van der Waals surface area contributed by atoms with E-state index in [4.69, 9.17) is 14.2 Å². The van der Waals surface area contributed by atoms with Gasteiger partial charge in [0.15, 0.2) is 0 Å². The molecule has 1 saturated heterocycles. The Morgan fingerprint density at radius 1 is 1.00 bits per heavy atom. The molecule has 0 spiro atoms. The second-order valence-corrected chi connectivity index (χ2v) is 6.54. The van der Waals surface area contributed by atoms with Crippen molar-refractivity contribution in [3.63, 3.8) is 0 Å². The third-order valence-corrected chi connectivity index (χ3v) is 4.36. The lowest BCUT2D eigenvalue weighted by atomic mass is 9.78. The van der Waals surface area contributed by atoms with Gasteiger partial charge in [0.1, 0.15) is 30.8 Å². The zero-order valence-electron chi connectivity index (χ0n) is 14.3. The molecule has 1 fully saturated rings. The molecule has 24 heavy (non-hydrogen) atoms. The first-order valence-corrected chi connectivity index (χ1v) is 8.29. The summed E-state index contributed by atoms with van der Waals surface area (Å²) in [7, 11) is 0. The molecule has 3 rings (SSSR count). The minimum absolute atomic E-state index is 0.0882.